The molecule has 3 rings (SSSR count). The van der Waals surface area contributed by atoms with Crippen molar-refractivity contribution in [3.8, 4) is 0 Å². The number of carbonyl (C=O) groups is 1. The lowest BCUT2D eigenvalue weighted by molar-refractivity contribution is 0.102. The molecule has 0 aliphatic carbocycles. The summed E-state index contributed by atoms with van der Waals surface area (Å²) in [6, 6.07) is 8.15. The van der Waals surface area contributed by atoms with Gasteiger partial charge in [-0.1, -0.05) is 12.1 Å². The Morgan fingerprint density at radius 2 is 2.05 bits per heavy atom. The van der Waals surface area contributed by atoms with Gasteiger partial charge in [0.25, 0.3) is 5.91 Å². The zero-order valence-electron chi connectivity index (χ0n) is 10.9. The van der Waals surface area contributed by atoms with E-state index in [2.05, 4.69) is 10.3 Å². The van der Waals surface area contributed by atoms with Crippen LogP contribution in [-0.4, -0.2) is 10.9 Å². The van der Waals surface area contributed by atoms with Gasteiger partial charge in [-0.2, -0.15) is 11.3 Å². The number of carbonyl (C=O) groups excluding carboxylic acids is 1. The molecule has 0 atom stereocenters. The van der Waals surface area contributed by atoms with Gasteiger partial charge in [0.1, 0.15) is 5.82 Å². The van der Waals surface area contributed by atoms with Gasteiger partial charge in [-0.3, -0.25) is 10.1 Å². The lowest BCUT2D eigenvalue weighted by Crippen LogP contribution is -2.10. The Hall–Kier alpha value is -2.05. The number of nitrogens with one attached hydrogen (secondary N) is 1. The van der Waals surface area contributed by atoms with Crippen LogP contribution >= 0.6 is 22.7 Å². The van der Waals surface area contributed by atoms with E-state index in [9.17, 15) is 9.18 Å². The van der Waals surface area contributed by atoms with Gasteiger partial charge in [0.15, 0.2) is 5.13 Å². The van der Waals surface area contributed by atoms with Crippen LogP contribution in [0.1, 0.15) is 20.8 Å². The minimum Gasteiger partial charge on any atom is -0.298 e. The minimum atomic E-state index is -0.244. The Bertz CT molecular complexity index is 735. The molecule has 2 heterocycles. The summed E-state index contributed by atoms with van der Waals surface area (Å²) in [5, 5.41) is 7.00. The highest BCUT2D eigenvalue weighted by molar-refractivity contribution is 7.15. The molecule has 21 heavy (non-hydrogen) atoms. The van der Waals surface area contributed by atoms with E-state index in [1.54, 1.807) is 29.8 Å². The Labute approximate surface area is 129 Å². The van der Waals surface area contributed by atoms with E-state index in [0.29, 0.717) is 17.1 Å². The van der Waals surface area contributed by atoms with Gasteiger partial charge in [0, 0.05) is 22.9 Å². The van der Waals surface area contributed by atoms with Crippen LogP contribution in [-0.2, 0) is 6.42 Å². The third kappa shape index (κ3) is 3.53. The number of rotatable bonds is 4. The third-order valence-electron chi connectivity index (χ3n) is 2.85. The van der Waals surface area contributed by atoms with Crippen LogP contribution in [0.25, 0.3) is 0 Å². The fourth-order valence-electron chi connectivity index (χ4n) is 1.81. The van der Waals surface area contributed by atoms with Crippen LogP contribution in [0.5, 0.6) is 0 Å². The van der Waals surface area contributed by atoms with Crippen LogP contribution < -0.4 is 5.32 Å². The zero-order chi connectivity index (χ0) is 14.7. The number of nitrogens with zero attached hydrogens (tertiary/aromatic N) is 1. The van der Waals surface area contributed by atoms with Gasteiger partial charge >= 0.3 is 0 Å². The lowest BCUT2D eigenvalue weighted by Gasteiger charge is -1.99. The van der Waals surface area contributed by atoms with Crippen LogP contribution in [0.3, 0.4) is 0 Å². The maximum absolute atomic E-state index is 12.9. The quantitative estimate of drug-likeness (QED) is 0.784. The molecule has 6 heteroatoms. The summed E-state index contributed by atoms with van der Waals surface area (Å²) in [4.78, 5) is 17.1. The first-order chi connectivity index (χ1) is 10.2. The van der Waals surface area contributed by atoms with Gasteiger partial charge in [-0.05, 0) is 29.1 Å². The molecule has 1 aromatic carbocycles. The number of thiophene rings is 1. The Kier molecular flexibility index (Phi) is 4.08. The molecule has 0 bridgehead atoms. The zero-order valence-corrected chi connectivity index (χ0v) is 12.5. The number of halogens is 1. The number of benzene rings is 1. The number of hydrogen-bond donors (Lipinski definition) is 1. The largest absolute Gasteiger partial charge is 0.298 e. The standard InChI is InChI=1S/C15H11FN2OS2/c16-12-3-1-10(2-4-12)7-13-8-17-15(21-13)18-14(19)11-5-6-20-9-11/h1-6,8-9H,7H2,(H,17,18,19). The molecule has 0 saturated carbocycles. The normalized spacial score (nSPS) is 10.5. The molecule has 0 saturated heterocycles. The molecule has 106 valence electrons. The maximum atomic E-state index is 12.9. The predicted octanol–water partition coefficient (Wildman–Crippen LogP) is 4.19. The average molecular weight is 318 g/mol. The number of amides is 1. The number of hydrogen-bond acceptors (Lipinski definition) is 4. The summed E-state index contributed by atoms with van der Waals surface area (Å²) in [5.41, 5.74) is 1.64. The Morgan fingerprint density at radius 3 is 2.76 bits per heavy atom. The number of thiazole rings is 1. The number of aromatic nitrogens is 1. The second-order valence-corrected chi connectivity index (χ2v) is 6.30. The van der Waals surface area contributed by atoms with Crippen molar-refractivity contribution in [2.75, 3.05) is 5.32 Å². The van der Waals surface area contributed by atoms with Crippen molar-refractivity contribution in [3.63, 3.8) is 0 Å². The smallest absolute Gasteiger partial charge is 0.258 e. The van der Waals surface area contributed by atoms with E-state index >= 15 is 0 Å². The van der Waals surface area contributed by atoms with Crippen molar-refractivity contribution in [1.82, 2.24) is 4.98 Å². The number of anilines is 1. The first-order valence-corrected chi connectivity index (χ1v) is 7.99. The van der Waals surface area contributed by atoms with E-state index in [1.165, 1.54) is 34.8 Å². The summed E-state index contributed by atoms with van der Waals surface area (Å²) in [6.07, 6.45) is 2.41. The van der Waals surface area contributed by atoms with Crippen molar-refractivity contribution in [3.05, 3.63) is 69.1 Å². The van der Waals surface area contributed by atoms with E-state index in [0.717, 1.165) is 10.4 Å². The topological polar surface area (TPSA) is 42.0 Å². The van der Waals surface area contributed by atoms with Crippen LogP contribution in [0.4, 0.5) is 9.52 Å². The van der Waals surface area contributed by atoms with E-state index in [-0.39, 0.29) is 11.7 Å². The molecular formula is C15H11FN2OS2. The maximum Gasteiger partial charge on any atom is 0.258 e. The average Bonchev–Trinajstić information content (AvgIpc) is 3.13. The monoisotopic (exact) mass is 318 g/mol. The van der Waals surface area contributed by atoms with Crippen LogP contribution in [0.15, 0.2) is 47.3 Å². The first-order valence-electron chi connectivity index (χ1n) is 6.23. The van der Waals surface area contributed by atoms with Gasteiger partial charge in [-0.15, -0.1) is 11.3 Å². The van der Waals surface area contributed by atoms with Crippen molar-refractivity contribution in [2.24, 2.45) is 0 Å². The summed E-state index contributed by atoms with van der Waals surface area (Å²) < 4.78 is 12.9. The molecule has 1 N–H and O–H groups in total. The predicted molar refractivity (Wildman–Crippen MR) is 83.6 cm³/mol. The SMILES string of the molecule is O=C(Nc1ncc(Cc2ccc(F)cc2)s1)c1ccsc1. The van der Waals surface area contributed by atoms with Crippen molar-refractivity contribution >= 4 is 33.7 Å². The van der Waals surface area contributed by atoms with Crippen molar-refractivity contribution < 1.29 is 9.18 Å². The molecule has 3 nitrogen and oxygen atoms in total. The minimum absolute atomic E-state index is 0.154. The summed E-state index contributed by atoms with van der Waals surface area (Å²) in [6.45, 7) is 0. The fraction of sp³-hybridized carbons (Fsp3) is 0.0667. The Morgan fingerprint density at radius 1 is 1.24 bits per heavy atom. The Balaban J connectivity index is 1.66. The molecule has 0 aliphatic heterocycles. The second-order valence-electron chi connectivity index (χ2n) is 4.40. The molecule has 1 amide bonds. The van der Waals surface area contributed by atoms with Gasteiger partial charge in [-0.25, -0.2) is 9.37 Å². The summed E-state index contributed by atoms with van der Waals surface area (Å²) >= 11 is 2.90. The lowest BCUT2D eigenvalue weighted by atomic mass is 10.1. The fourth-order valence-corrected chi connectivity index (χ4v) is 3.29. The van der Waals surface area contributed by atoms with E-state index < -0.39 is 0 Å². The van der Waals surface area contributed by atoms with E-state index in [1.807, 2.05) is 5.38 Å². The first kappa shape index (κ1) is 13.9. The molecule has 0 unspecified atom stereocenters. The van der Waals surface area contributed by atoms with E-state index in [4.69, 9.17) is 0 Å². The van der Waals surface area contributed by atoms with Crippen molar-refractivity contribution in [1.29, 1.82) is 0 Å². The van der Waals surface area contributed by atoms with Gasteiger partial charge in [0.2, 0.25) is 0 Å². The van der Waals surface area contributed by atoms with Crippen LogP contribution in [0.2, 0.25) is 0 Å². The second kappa shape index (κ2) is 6.15. The summed E-state index contributed by atoms with van der Waals surface area (Å²) in [7, 11) is 0. The van der Waals surface area contributed by atoms with Gasteiger partial charge in [0.05, 0.1) is 5.56 Å². The molecule has 0 spiro atoms. The molecule has 0 aliphatic rings. The molecule has 0 radical (unpaired) electrons. The van der Waals surface area contributed by atoms with Gasteiger partial charge < -0.3 is 0 Å². The highest BCUT2D eigenvalue weighted by Gasteiger charge is 2.09. The molecule has 0 fully saturated rings. The van der Waals surface area contributed by atoms with Crippen LogP contribution in [0, 0.1) is 5.82 Å². The highest BCUT2D eigenvalue weighted by Crippen LogP contribution is 2.22. The molecular weight excluding hydrogens is 307 g/mol. The van der Waals surface area contributed by atoms with Crippen molar-refractivity contribution in [2.45, 2.75) is 6.42 Å². The third-order valence-corrected chi connectivity index (χ3v) is 4.44. The summed E-state index contributed by atoms with van der Waals surface area (Å²) in [5.74, 6) is -0.397. The molecule has 3 aromatic rings. The molecule has 2 aromatic heterocycles. The highest BCUT2D eigenvalue weighted by atomic mass is 32.1.